The Kier molecular flexibility index (Phi) is 7.06. The van der Waals surface area contributed by atoms with E-state index in [1.807, 2.05) is 55.3 Å². The van der Waals surface area contributed by atoms with E-state index in [9.17, 15) is 0 Å². The average Bonchev–Trinajstić information content (AvgIpc) is 3.21. The number of thiocarbonyl (C=S) groups is 1. The number of anilines is 1. The Morgan fingerprint density at radius 1 is 1.25 bits per heavy atom. The van der Waals surface area contributed by atoms with Crippen molar-refractivity contribution >= 4 is 34.9 Å². The molecule has 0 aliphatic carbocycles. The van der Waals surface area contributed by atoms with E-state index in [0.29, 0.717) is 0 Å². The topological polar surface area (TPSA) is 39.1 Å². The molecule has 0 spiro atoms. The molecule has 146 valence electrons. The molecule has 0 saturated heterocycles. The molecule has 6 heteroatoms. The summed E-state index contributed by atoms with van der Waals surface area (Å²) in [7, 11) is 1.89. The molecule has 0 bridgehead atoms. The molecule has 4 nitrogen and oxygen atoms in total. The number of ether oxygens (including phenoxy) is 1. The molecule has 0 aliphatic rings. The van der Waals surface area contributed by atoms with Crippen LogP contribution < -0.4 is 10.1 Å². The lowest BCUT2D eigenvalue weighted by Gasteiger charge is -2.23. The number of hydrogen-bond acceptors (Lipinski definition) is 4. The van der Waals surface area contributed by atoms with Crippen molar-refractivity contribution in [2.24, 2.45) is 0 Å². The second-order valence-corrected chi connectivity index (χ2v) is 7.37. The smallest absolute Gasteiger partial charge is 0.143 e. The van der Waals surface area contributed by atoms with Crippen molar-refractivity contribution in [3.05, 3.63) is 76.8 Å². The van der Waals surface area contributed by atoms with Gasteiger partial charge < -0.3 is 14.6 Å². The molecule has 1 heterocycles. The third-order valence-corrected chi connectivity index (χ3v) is 5.22. The second kappa shape index (κ2) is 9.71. The van der Waals surface area contributed by atoms with E-state index in [4.69, 9.17) is 28.6 Å². The van der Waals surface area contributed by atoms with Crippen LogP contribution in [0, 0.1) is 6.92 Å². The first-order valence-electron chi connectivity index (χ1n) is 9.24. The molecule has 28 heavy (non-hydrogen) atoms. The number of imidazole rings is 1. The van der Waals surface area contributed by atoms with Crippen LogP contribution in [0.25, 0.3) is 0 Å². The maximum Gasteiger partial charge on any atom is 0.143 e. The van der Waals surface area contributed by atoms with Crippen LogP contribution in [0.4, 0.5) is 5.69 Å². The van der Waals surface area contributed by atoms with Gasteiger partial charge in [0.15, 0.2) is 0 Å². The minimum absolute atomic E-state index is 0.0161. The van der Waals surface area contributed by atoms with Gasteiger partial charge in [0.1, 0.15) is 11.9 Å². The van der Waals surface area contributed by atoms with E-state index in [0.717, 1.165) is 47.0 Å². The average molecular weight is 414 g/mol. The highest BCUT2D eigenvalue weighted by Crippen LogP contribution is 2.31. The van der Waals surface area contributed by atoms with E-state index in [-0.39, 0.29) is 6.10 Å². The zero-order chi connectivity index (χ0) is 19.9. The first kappa shape index (κ1) is 20.4. The number of hydrogen-bond donors (Lipinski definition) is 1. The zero-order valence-corrected chi connectivity index (χ0v) is 17.6. The molecule has 1 aromatic heterocycles. The zero-order valence-electron chi connectivity index (χ0n) is 16.1. The number of aryl methyl sites for hydroxylation is 2. The number of nitrogens with zero attached hydrogens (tertiary/aromatic N) is 2. The molecule has 2 aromatic carbocycles. The van der Waals surface area contributed by atoms with E-state index in [2.05, 4.69) is 22.4 Å². The monoisotopic (exact) mass is 413 g/mol. The van der Waals surface area contributed by atoms with Crippen LogP contribution in [-0.2, 0) is 13.0 Å². The third-order valence-electron chi connectivity index (χ3n) is 4.73. The maximum absolute atomic E-state index is 6.45. The Morgan fingerprint density at radius 3 is 2.68 bits per heavy atom. The van der Waals surface area contributed by atoms with Crippen LogP contribution in [0.15, 0.2) is 55.1 Å². The molecule has 0 radical (unpaired) electrons. The predicted molar refractivity (Wildman–Crippen MR) is 120 cm³/mol. The molecule has 0 aliphatic heterocycles. The molecule has 0 amide bonds. The van der Waals surface area contributed by atoms with Gasteiger partial charge in [-0.1, -0.05) is 42.0 Å². The summed E-state index contributed by atoms with van der Waals surface area (Å²) in [6.07, 6.45) is 7.30. The summed E-state index contributed by atoms with van der Waals surface area (Å²) < 4.78 is 8.49. The van der Waals surface area contributed by atoms with Crippen molar-refractivity contribution in [2.75, 3.05) is 12.4 Å². The first-order chi connectivity index (χ1) is 13.6. The maximum atomic E-state index is 6.45. The minimum atomic E-state index is -0.0161. The van der Waals surface area contributed by atoms with Crippen molar-refractivity contribution < 1.29 is 4.74 Å². The van der Waals surface area contributed by atoms with Crippen molar-refractivity contribution in [2.45, 2.75) is 32.4 Å². The standard InChI is InChI=1S/C22H24ClN3OS/c1-16-3-10-21(22(24-2)20(16)14-28)27-19(13-26-12-11-25-15-26)9-6-17-4-7-18(23)8-5-17/h3-5,7-8,10-12,14-15,19,24H,6,9,13H2,1-2H3. The molecule has 3 rings (SSSR count). The highest BCUT2D eigenvalue weighted by molar-refractivity contribution is 7.79. The number of halogens is 1. The molecular formula is C22H24ClN3OS. The van der Waals surface area contributed by atoms with E-state index in [1.165, 1.54) is 5.56 Å². The van der Waals surface area contributed by atoms with Crippen LogP contribution in [0.1, 0.15) is 23.1 Å². The number of rotatable bonds is 9. The van der Waals surface area contributed by atoms with E-state index >= 15 is 0 Å². The lowest BCUT2D eigenvalue weighted by atomic mass is 10.1. The fourth-order valence-corrected chi connectivity index (χ4v) is 3.62. The quantitative estimate of drug-likeness (QED) is 0.482. The van der Waals surface area contributed by atoms with Gasteiger partial charge in [-0.15, -0.1) is 0 Å². The van der Waals surface area contributed by atoms with E-state index < -0.39 is 0 Å². The van der Waals surface area contributed by atoms with Gasteiger partial charge in [-0.05, 0) is 49.1 Å². The number of nitrogens with one attached hydrogen (secondary N) is 1. The molecule has 0 fully saturated rings. The molecule has 1 unspecified atom stereocenters. The summed E-state index contributed by atoms with van der Waals surface area (Å²) >= 11 is 11.2. The lowest BCUT2D eigenvalue weighted by Crippen LogP contribution is -2.24. The van der Waals surface area contributed by atoms with Gasteiger partial charge in [0.05, 0.1) is 18.6 Å². The molecular weight excluding hydrogens is 390 g/mol. The van der Waals surface area contributed by atoms with Crippen LogP contribution >= 0.6 is 23.8 Å². The predicted octanol–water partition coefficient (Wildman–Crippen LogP) is 5.31. The van der Waals surface area contributed by atoms with Gasteiger partial charge in [0.25, 0.3) is 0 Å². The van der Waals surface area contributed by atoms with Gasteiger partial charge in [-0.3, -0.25) is 0 Å². The summed E-state index contributed by atoms with van der Waals surface area (Å²) in [4.78, 5) is 4.14. The highest BCUT2D eigenvalue weighted by Gasteiger charge is 2.16. The fraction of sp³-hybridized carbons (Fsp3) is 0.273. The molecule has 1 atom stereocenters. The van der Waals surface area contributed by atoms with Crippen molar-refractivity contribution in [1.82, 2.24) is 9.55 Å². The highest BCUT2D eigenvalue weighted by atomic mass is 35.5. The Labute approximate surface area is 176 Å². The normalized spacial score (nSPS) is 11.8. The largest absolute Gasteiger partial charge is 0.486 e. The summed E-state index contributed by atoms with van der Waals surface area (Å²) in [6.45, 7) is 2.77. The van der Waals surface area contributed by atoms with Crippen LogP contribution in [0.2, 0.25) is 5.02 Å². The van der Waals surface area contributed by atoms with Crippen molar-refractivity contribution in [3.63, 3.8) is 0 Å². The van der Waals surface area contributed by atoms with Crippen LogP contribution in [0.5, 0.6) is 5.75 Å². The Bertz CT molecular complexity index is 910. The van der Waals surface area contributed by atoms with Crippen LogP contribution in [0.3, 0.4) is 0 Å². The van der Waals surface area contributed by atoms with Gasteiger partial charge in [0, 0.05) is 35.4 Å². The first-order valence-corrected chi connectivity index (χ1v) is 10.1. The minimum Gasteiger partial charge on any atom is -0.486 e. The lowest BCUT2D eigenvalue weighted by molar-refractivity contribution is 0.171. The number of benzene rings is 2. The summed E-state index contributed by atoms with van der Waals surface area (Å²) in [5, 5.41) is 5.70. The second-order valence-electron chi connectivity index (χ2n) is 6.70. The molecule has 0 saturated carbocycles. The van der Waals surface area contributed by atoms with Crippen molar-refractivity contribution in [3.8, 4) is 5.75 Å². The van der Waals surface area contributed by atoms with Gasteiger partial charge >= 0.3 is 0 Å². The van der Waals surface area contributed by atoms with Gasteiger partial charge in [0.2, 0.25) is 0 Å². The van der Waals surface area contributed by atoms with Crippen molar-refractivity contribution in [1.29, 1.82) is 0 Å². The summed E-state index contributed by atoms with van der Waals surface area (Å²) in [6, 6.07) is 12.0. The third kappa shape index (κ3) is 5.12. The van der Waals surface area contributed by atoms with Gasteiger partial charge in [-0.25, -0.2) is 4.98 Å². The fourth-order valence-electron chi connectivity index (χ4n) is 3.19. The summed E-state index contributed by atoms with van der Waals surface area (Å²) in [5.74, 6) is 0.811. The Balaban J connectivity index is 1.80. The van der Waals surface area contributed by atoms with Gasteiger partial charge in [-0.2, -0.15) is 0 Å². The Hall–Kier alpha value is -2.37. The Morgan fingerprint density at radius 2 is 2.04 bits per heavy atom. The SMILES string of the molecule is CNc1c(OC(CCc2ccc(Cl)cc2)Cn2ccnc2)ccc(C)c1C=S. The molecule has 3 aromatic rings. The van der Waals surface area contributed by atoms with Crippen LogP contribution in [-0.4, -0.2) is 28.1 Å². The number of aromatic nitrogens is 2. The summed E-state index contributed by atoms with van der Waals surface area (Å²) in [5.41, 5.74) is 4.28. The van der Waals surface area contributed by atoms with E-state index in [1.54, 1.807) is 11.6 Å². The molecule has 1 N–H and O–H groups in total.